The zero-order valence-electron chi connectivity index (χ0n) is 11.6. The van der Waals surface area contributed by atoms with Gasteiger partial charge in [0.15, 0.2) is 0 Å². The van der Waals surface area contributed by atoms with Crippen LogP contribution in [0.5, 0.6) is 5.75 Å². The minimum absolute atomic E-state index is 0.388. The summed E-state index contributed by atoms with van der Waals surface area (Å²) in [4.78, 5) is 4.37. The van der Waals surface area contributed by atoms with E-state index in [1.54, 1.807) is 7.11 Å². The Hall–Kier alpha value is -2.66. The highest BCUT2D eigenvalue weighted by Gasteiger charge is 2.17. The van der Waals surface area contributed by atoms with Crippen molar-refractivity contribution in [1.82, 2.24) is 10.1 Å². The summed E-state index contributed by atoms with van der Waals surface area (Å²) >= 11 is 0. The second kappa shape index (κ2) is 5.76. The van der Waals surface area contributed by atoms with E-state index in [0.717, 1.165) is 16.9 Å². The smallest absolute Gasteiger partial charge is 0.248 e. The first-order valence-electron chi connectivity index (χ1n) is 6.56. The first kappa shape index (κ1) is 13.3. The van der Waals surface area contributed by atoms with Crippen molar-refractivity contribution >= 4 is 0 Å². The molecule has 2 aromatic carbocycles. The summed E-state index contributed by atoms with van der Waals surface area (Å²) in [6.07, 6.45) is 0. The maximum absolute atomic E-state index is 6.14. The zero-order chi connectivity index (χ0) is 14.7. The van der Waals surface area contributed by atoms with Crippen molar-refractivity contribution in [2.45, 2.75) is 6.04 Å². The molecular formula is C16H15N3O2. The first-order valence-corrected chi connectivity index (χ1v) is 6.56. The van der Waals surface area contributed by atoms with Gasteiger partial charge >= 0.3 is 0 Å². The van der Waals surface area contributed by atoms with Crippen LogP contribution in [0.2, 0.25) is 0 Å². The minimum Gasteiger partial charge on any atom is -0.497 e. The molecule has 0 unspecified atom stereocenters. The summed E-state index contributed by atoms with van der Waals surface area (Å²) in [5, 5.41) is 3.99. The predicted octanol–water partition coefficient (Wildman–Crippen LogP) is 2.79. The van der Waals surface area contributed by atoms with E-state index in [1.165, 1.54) is 0 Å². The molecule has 0 amide bonds. The van der Waals surface area contributed by atoms with Crippen molar-refractivity contribution in [2.24, 2.45) is 5.73 Å². The largest absolute Gasteiger partial charge is 0.497 e. The molecule has 106 valence electrons. The molecule has 1 aromatic heterocycles. The summed E-state index contributed by atoms with van der Waals surface area (Å²) in [7, 11) is 1.62. The highest BCUT2D eigenvalue weighted by molar-refractivity contribution is 5.56. The fourth-order valence-electron chi connectivity index (χ4n) is 2.04. The van der Waals surface area contributed by atoms with E-state index in [0.29, 0.717) is 11.7 Å². The van der Waals surface area contributed by atoms with Crippen LogP contribution in [0.15, 0.2) is 59.1 Å². The second-order valence-electron chi connectivity index (χ2n) is 4.58. The van der Waals surface area contributed by atoms with E-state index in [1.807, 2.05) is 54.6 Å². The standard InChI is InChI=1S/C16H15N3O2/c1-20-13-9-5-8-12(10-13)15-18-16(21-19-15)14(17)11-6-3-2-4-7-11/h2-10,14H,17H2,1H3/t14-/m0/s1. The molecule has 0 fully saturated rings. The number of methoxy groups -OCH3 is 1. The van der Waals surface area contributed by atoms with Crippen LogP contribution in [0, 0.1) is 0 Å². The predicted molar refractivity (Wildman–Crippen MR) is 78.8 cm³/mol. The summed E-state index contributed by atoms with van der Waals surface area (Å²) in [6.45, 7) is 0. The van der Waals surface area contributed by atoms with Crippen molar-refractivity contribution in [3.05, 3.63) is 66.1 Å². The number of nitrogens with two attached hydrogens (primary N) is 1. The van der Waals surface area contributed by atoms with Crippen LogP contribution in [0.4, 0.5) is 0 Å². The van der Waals surface area contributed by atoms with Crippen molar-refractivity contribution in [2.75, 3.05) is 7.11 Å². The van der Waals surface area contributed by atoms with Crippen molar-refractivity contribution in [3.8, 4) is 17.1 Å². The Labute approximate surface area is 122 Å². The quantitative estimate of drug-likeness (QED) is 0.796. The fourth-order valence-corrected chi connectivity index (χ4v) is 2.04. The zero-order valence-corrected chi connectivity index (χ0v) is 11.6. The number of nitrogens with zero attached hydrogens (tertiary/aromatic N) is 2. The van der Waals surface area contributed by atoms with Gasteiger partial charge in [-0.15, -0.1) is 0 Å². The maximum Gasteiger partial charge on any atom is 0.248 e. The van der Waals surface area contributed by atoms with Gasteiger partial charge in [0, 0.05) is 5.56 Å². The van der Waals surface area contributed by atoms with Crippen LogP contribution in [0.1, 0.15) is 17.5 Å². The maximum atomic E-state index is 6.14. The molecule has 0 aliphatic carbocycles. The highest BCUT2D eigenvalue weighted by atomic mass is 16.5. The Kier molecular flexibility index (Phi) is 3.66. The molecule has 2 N–H and O–H groups in total. The highest BCUT2D eigenvalue weighted by Crippen LogP contribution is 2.24. The number of rotatable bonds is 4. The summed E-state index contributed by atoms with van der Waals surface area (Å²) in [6, 6.07) is 16.7. The SMILES string of the molecule is COc1cccc(-c2noc([C@@H](N)c3ccccc3)n2)c1. The molecule has 0 saturated carbocycles. The summed E-state index contributed by atoms with van der Waals surface area (Å²) < 4.78 is 10.5. The number of benzene rings is 2. The average molecular weight is 281 g/mol. The molecule has 3 rings (SSSR count). The lowest BCUT2D eigenvalue weighted by Gasteiger charge is -2.05. The molecule has 5 nitrogen and oxygen atoms in total. The molecule has 0 spiro atoms. The molecule has 0 bridgehead atoms. The third-order valence-electron chi connectivity index (χ3n) is 3.19. The molecule has 0 aliphatic heterocycles. The fraction of sp³-hybridized carbons (Fsp3) is 0.125. The van der Waals surface area contributed by atoms with E-state index in [2.05, 4.69) is 10.1 Å². The number of hydrogen-bond acceptors (Lipinski definition) is 5. The lowest BCUT2D eigenvalue weighted by atomic mass is 10.1. The molecule has 5 heteroatoms. The van der Waals surface area contributed by atoms with E-state index in [4.69, 9.17) is 15.0 Å². The monoisotopic (exact) mass is 281 g/mol. The minimum atomic E-state index is -0.432. The van der Waals surface area contributed by atoms with Crippen molar-refractivity contribution < 1.29 is 9.26 Å². The van der Waals surface area contributed by atoms with Gasteiger partial charge in [-0.1, -0.05) is 47.6 Å². The molecule has 0 saturated heterocycles. The van der Waals surface area contributed by atoms with E-state index < -0.39 is 6.04 Å². The Balaban J connectivity index is 1.89. The Bertz CT molecular complexity index is 725. The van der Waals surface area contributed by atoms with Crippen LogP contribution < -0.4 is 10.5 Å². The van der Waals surface area contributed by atoms with Crippen LogP contribution in [-0.2, 0) is 0 Å². The molecule has 1 heterocycles. The number of aromatic nitrogens is 2. The van der Waals surface area contributed by atoms with Gasteiger partial charge in [0.1, 0.15) is 11.8 Å². The van der Waals surface area contributed by atoms with Gasteiger partial charge < -0.3 is 15.0 Å². The molecular weight excluding hydrogens is 266 g/mol. The normalized spacial score (nSPS) is 12.1. The molecule has 0 radical (unpaired) electrons. The van der Waals surface area contributed by atoms with Gasteiger partial charge in [-0.3, -0.25) is 0 Å². The Morgan fingerprint density at radius 2 is 1.90 bits per heavy atom. The third-order valence-corrected chi connectivity index (χ3v) is 3.19. The second-order valence-corrected chi connectivity index (χ2v) is 4.58. The van der Waals surface area contributed by atoms with Crippen molar-refractivity contribution in [3.63, 3.8) is 0 Å². The Morgan fingerprint density at radius 1 is 1.10 bits per heavy atom. The van der Waals surface area contributed by atoms with Gasteiger partial charge in [0.2, 0.25) is 11.7 Å². The number of ether oxygens (including phenoxy) is 1. The van der Waals surface area contributed by atoms with Crippen LogP contribution in [0.25, 0.3) is 11.4 Å². The van der Waals surface area contributed by atoms with Gasteiger partial charge in [0.05, 0.1) is 7.11 Å². The molecule has 21 heavy (non-hydrogen) atoms. The number of hydrogen-bond donors (Lipinski definition) is 1. The lowest BCUT2D eigenvalue weighted by Crippen LogP contribution is -2.11. The first-order chi connectivity index (χ1) is 10.3. The van der Waals surface area contributed by atoms with Gasteiger partial charge in [0.25, 0.3) is 0 Å². The van der Waals surface area contributed by atoms with Gasteiger partial charge in [-0.2, -0.15) is 4.98 Å². The third kappa shape index (κ3) is 2.78. The topological polar surface area (TPSA) is 74.2 Å². The van der Waals surface area contributed by atoms with Gasteiger partial charge in [-0.05, 0) is 17.7 Å². The van der Waals surface area contributed by atoms with E-state index >= 15 is 0 Å². The summed E-state index contributed by atoms with van der Waals surface area (Å²) in [5.74, 6) is 1.63. The molecule has 3 aromatic rings. The van der Waals surface area contributed by atoms with E-state index in [-0.39, 0.29) is 0 Å². The van der Waals surface area contributed by atoms with E-state index in [9.17, 15) is 0 Å². The lowest BCUT2D eigenvalue weighted by molar-refractivity contribution is 0.367. The van der Waals surface area contributed by atoms with Crippen LogP contribution in [-0.4, -0.2) is 17.3 Å². The van der Waals surface area contributed by atoms with Crippen LogP contribution in [0.3, 0.4) is 0 Å². The van der Waals surface area contributed by atoms with Gasteiger partial charge in [-0.25, -0.2) is 0 Å². The molecule has 1 atom stereocenters. The Morgan fingerprint density at radius 3 is 2.67 bits per heavy atom. The van der Waals surface area contributed by atoms with Crippen molar-refractivity contribution in [1.29, 1.82) is 0 Å². The average Bonchev–Trinajstić information content (AvgIpc) is 3.05. The summed E-state index contributed by atoms with van der Waals surface area (Å²) in [5.41, 5.74) is 7.90. The van der Waals surface area contributed by atoms with Crippen LogP contribution >= 0.6 is 0 Å². The molecule has 0 aliphatic rings.